The molecule has 3 rings (SSSR count). The van der Waals surface area contributed by atoms with Gasteiger partial charge in [-0.05, 0) is 61.2 Å². The van der Waals surface area contributed by atoms with Gasteiger partial charge in [-0.3, -0.25) is 20.4 Å². The molecule has 0 aromatic heterocycles. The van der Waals surface area contributed by atoms with E-state index in [4.69, 9.17) is 4.74 Å². The lowest BCUT2D eigenvalue weighted by Crippen LogP contribution is -2.42. The molecule has 2 amide bonds. The summed E-state index contributed by atoms with van der Waals surface area (Å²) in [6.07, 6.45) is 0.798. The van der Waals surface area contributed by atoms with Crippen molar-refractivity contribution in [2.75, 3.05) is 6.61 Å². The molecule has 5 nitrogen and oxygen atoms in total. The van der Waals surface area contributed by atoms with Crippen LogP contribution in [0.2, 0.25) is 0 Å². The smallest absolute Gasteiger partial charge is 0.269 e. The summed E-state index contributed by atoms with van der Waals surface area (Å²) in [5.74, 6) is 0.320. The van der Waals surface area contributed by atoms with Crippen LogP contribution in [0.4, 0.5) is 0 Å². The summed E-state index contributed by atoms with van der Waals surface area (Å²) in [6.45, 7) is 2.47. The third kappa shape index (κ3) is 4.39. The van der Waals surface area contributed by atoms with E-state index in [-0.39, 0.29) is 23.7 Å². The second kappa shape index (κ2) is 7.70. The third-order valence-corrected chi connectivity index (χ3v) is 4.68. The van der Waals surface area contributed by atoms with Crippen molar-refractivity contribution in [3.8, 4) is 5.75 Å². The SMILES string of the molecule is CCOc1ccc(C(=O)NNC(=O)C2CC2c2ccc(Br)cc2)cc1. The van der Waals surface area contributed by atoms with Gasteiger partial charge in [-0.15, -0.1) is 0 Å². The Kier molecular flexibility index (Phi) is 5.38. The van der Waals surface area contributed by atoms with Crippen LogP contribution in [0.3, 0.4) is 0 Å². The number of hydrazine groups is 1. The molecule has 1 aliphatic rings. The molecule has 130 valence electrons. The summed E-state index contributed by atoms with van der Waals surface area (Å²) in [4.78, 5) is 24.3. The Balaban J connectivity index is 1.49. The molecule has 0 aliphatic heterocycles. The van der Waals surface area contributed by atoms with Gasteiger partial charge in [-0.1, -0.05) is 28.1 Å². The normalized spacial score (nSPS) is 18.3. The lowest BCUT2D eigenvalue weighted by atomic mass is 10.1. The Morgan fingerprint density at radius 3 is 2.40 bits per heavy atom. The summed E-state index contributed by atoms with van der Waals surface area (Å²) >= 11 is 3.40. The van der Waals surface area contributed by atoms with E-state index in [0.29, 0.717) is 17.9 Å². The summed E-state index contributed by atoms with van der Waals surface area (Å²) in [7, 11) is 0. The first kappa shape index (κ1) is 17.5. The highest BCUT2D eigenvalue weighted by Crippen LogP contribution is 2.47. The predicted octanol–water partition coefficient (Wildman–Crippen LogP) is 3.41. The molecule has 0 heterocycles. The maximum atomic E-state index is 12.2. The van der Waals surface area contributed by atoms with Gasteiger partial charge < -0.3 is 4.74 Å². The Bertz CT molecular complexity index is 759. The molecule has 0 radical (unpaired) electrons. The van der Waals surface area contributed by atoms with Crippen molar-refractivity contribution in [1.29, 1.82) is 0 Å². The number of carbonyl (C=O) groups excluding carboxylic acids is 2. The standard InChI is InChI=1S/C19H19BrN2O3/c1-2-25-15-9-5-13(6-10-15)18(23)21-22-19(24)17-11-16(17)12-3-7-14(20)8-4-12/h3-10,16-17H,2,11H2,1H3,(H,21,23)(H,22,24). The molecule has 25 heavy (non-hydrogen) atoms. The molecule has 2 atom stereocenters. The van der Waals surface area contributed by atoms with Gasteiger partial charge in [0.2, 0.25) is 5.91 Å². The van der Waals surface area contributed by atoms with Gasteiger partial charge >= 0.3 is 0 Å². The van der Waals surface area contributed by atoms with Crippen LogP contribution in [-0.2, 0) is 4.79 Å². The van der Waals surface area contributed by atoms with Gasteiger partial charge in [0, 0.05) is 16.0 Å². The Morgan fingerprint density at radius 2 is 1.76 bits per heavy atom. The fourth-order valence-corrected chi connectivity index (χ4v) is 2.98. The van der Waals surface area contributed by atoms with Crippen molar-refractivity contribution >= 4 is 27.7 Å². The Morgan fingerprint density at radius 1 is 1.08 bits per heavy atom. The zero-order chi connectivity index (χ0) is 17.8. The lowest BCUT2D eigenvalue weighted by Gasteiger charge is -2.08. The van der Waals surface area contributed by atoms with Gasteiger partial charge in [0.05, 0.1) is 6.61 Å². The number of ether oxygens (including phenoxy) is 1. The molecule has 1 saturated carbocycles. The minimum Gasteiger partial charge on any atom is -0.494 e. The first-order chi connectivity index (χ1) is 12.1. The van der Waals surface area contributed by atoms with Gasteiger partial charge in [-0.25, -0.2) is 0 Å². The highest BCUT2D eigenvalue weighted by atomic mass is 79.9. The molecule has 2 aromatic carbocycles. The van der Waals surface area contributed by atoms with Crippen LogP contribution >= 0.6 is 15.9 Å². The summed E-state index contributed by atoms with van der Waals surface area (Å²) in [5.41, 5.74) is 6.58. The average molecular weight is 403 g/mol. The van der Waals surface area contributed by atoms with Crippen molar-refractivity contribution in [2.45, 2.75) is 19.3 Å². The zero-order valence-corrected chi connectivity index (χ0v) is 15.4. The van der Waals surface area contributed by atoms with Crippen LogP contribution in [0.1, 0.15) is 35.2 Å². The van der Waals surface area contributed by atoms with Gasteiger partial charge in [0.1, 0.15) is 5.75 Å². The Labute approximate surface area is 154 Å². The molecule has 2 aromatic rings. The lowest BCUT2D eigenvalue weighted by molar-refractivity contribution is -0.123. The summed E-state index contributed by atoms with van der Waals surface area (Å²) < 4.78 is 6.35. The van der Waals surface area contributed by atoms with E-state index in [1.807, 2.05) is 31.2 Å². The molecule has 1 fully saturated rings. The highest BCUT2D eigenvalue weighted by Gasteiger charge is 2.44. The largest absolute Gasteiger partial charge is 0.494 e. The second-order valence-corrected chi connectivity index (χ2v) is 6.82. The van der Waals surface area contributed by atoms with Gasteiger partial charge in [-0.2, -0.15) is 0 Å². The minimum absolute atomic E-state index is 0.0956. The maximum Gasteiger partial charge on any atom is 0.269 e. The van der Waals surface area contributed by atoms with Crippen LogP contribution in [0, 0.1) is 5.92 Å². The Hall–Kier alpha value is -2.34. The molecule has 1 aliphatic carbocycles. The number of amides is 2. The maximum absolute atomic E-state index is 12.2. The van der Waals surface area contributed by atoms with Crippen molar-refractivity contribution in [1.82, 2.24) is 10.9 Å². The quantitative estimate of drug-likeness (QED) is 0.752. The van der Waals surface area contributed by atoms with Crippen molar-refractivity contribution in [2.24, 2.45) is 5.92 Å². The number of rotatable bonds is 5. The van der Waals surface area contributed by atoms with Gasteiger partial charge in [0.25, 0.3) is 5.91 Å². The van der Waals surface area contributed by atoms with E-state index in [9.17, 15) is 9.59 Å². The summed E-state index contributed by atoms with van der Waals surface area (Å²) in [5, 5.41) is 0. The highest BCUT2D eigenvalue weighted by molar-refractivity contribution is 9.10. The number of halogens is 1. The van der Waals surface area contributed by atoms with Crippen LogP contribution < -0.4 is 15.6 Å². The third-order valence-electron chi connectivity index (χ3n) is 4.15. The average Bonchev–Trinajstić information content (AvgIpc) is 3.42. The minimum atomic E-state index is -0.350. The molecule has 0 bridgehead atoms. The first-order valence-corrected chi connectivity index (χ1v) is 8.96. The fraction of sp³-hybridized carbons (Fsp3) is 0.263. The van der Waals surface area contributed by atoms with E-state index in [0.717, 1.165) is 16.5 Å². The zero-order valence-electron chi connectivity index (χ0n) is 13.8. The fourth-order valence-electron chi connectivity index (χ4n) is 2.72. The molecule has 6 heteroatoms. The van der Waals surface area contributed by atoms with Crippen LogP contribution in [0.15, 0.2) is 53.0 Å². The van der Waals surface area contributed by atoms with E-state index in [1.54, 1.807) is 24.3 Å². The van der Waals surface area contributed by atoms with Crippen molar-refractivity contribution in [3.05, 3.63) is 64.1 Å². The molecular weight excluding hydrogens is 384 g/mol. The van der Waals surface area contributed by atoms with E-state index in [2.05, 4.69) is 26.8 Å². The predicted molar refractivity (Wildman–Crippen MR) is 98.2 cm³/mol. The molecule has 0 saturated heterocycles. The van der Waals surface area contributed by atoms with E-state index >= 15 is 0 Å². The molecule has 2 N–H and O–H groups in total. The number of nitrogens with one attached hydrogen (secondary N) is 2. The van der Waals surface area contributed by atoms with E-state index in [1.165, 1.54) is 0 Å². The number of hydrogen-bond donors (Lipinski definition) is 2. The van der Waals surface area contributed by atoms with Crippen molar-refractivity contribution in [3.63, 3.8) is 0 Å². The van der Waals surface area contributed by atoms with E-state index < -0.39 is 0 Å². The van der Waals surface area contributed by atoms with Crippen LogP contribution in [0.25, 0.3) is 0 Å². The topological polar surface area (TPSA) is 67.4 Å². The molecular formula is C19H19BrN2O3. The molecule has 0 spiro atoms. The summed E-state index contributed by atoms with van der Waals surface area (Å²) in [6, 6.07) is 14.7. The van der Waals surface area contributed by atoms with Crippen molar-refractivity contribution < 1.29 is 14.3 Å². The number of carbonyl (C=O) groups is 2. The number of hydrogen-bond acceptors (Lipinski definition) is 3. The van der Waals surface area contributed by atoms with Crippen LogP contribution in [0.5, 0.6) is 5.75 Å². The number of benzene rings is 2. The second-order valence-electron chi connectivity index (χ2n) is 5.90. The van der Waals surface area contributed by atoms with Gasteiger partial charge in [0.15, 0.2) is 0 Å². The monoisotopic (exact) mass is 402 g/mol. The molecule has 2 unspecified atom stereocenters. The first-order valence-electron chi connectivity index (χ1n) is 8.17. The van der Waals surface area contributed by atoms with Crippen LogP contribution in [-0.4, -0.2) is 18.4 Å².